The van der Waals surface area contributed by atoms with Crippen molar-refractivity contribution < 1.29 is 9.53 Å². The van der Waals surface area contributed by atoms with Crippen LogP contribution < -0.4 is 4.74 Å². The largest absolute Gasteiger partial charge is 0.494 e. The Morgan fingerprint density at radius 3 is 2.78 bits per heavy atom. The number of rotatable bonds is 6. The first kappa shape index (κ1) is 16.3. The lowest BCUT2D eigenvalue weighted by molar-refractivity contribution is -0.143. The zero-order valence-electron chi connectivity index (χ0n) is 14.2. The number of nitrogens with zero attached hydrogens (tertiary/aromatic N) is 2. The van der Waals surface area contributed by atoms with Crippen molar-refractivity contribution in [2.24, 2.45) is 5.41 Å². The second kappa shape index (κ2) is 7.35. The van der Waals surface area contributed by atoms with Crippen molar-refractivity contribution in [3.8, 4) is 5.75 Å². The summed E-state index contributed by atoms with van der Waals surface area (Å²) < 4.78 is 5.73. The molecule has 4 nitrogen and oxygen atoms in total. The third-order valence-corrected chi connectivity index (χ3v) is 5.26. The number of para-hydroxylation sites is 1. The summed E-state index contributed by atoms with van der Waals surface area (Å²) in [6, 6.07) is 9.99. The van der Waals surface area contributed by atoms with Crippen molar-refractivity contribution in [3.05, 3.63) is 30.3 Å². The number of amides is 1. The van der Waals surface area contributed by atoms with Gasteiger partial charge in [0.05, 0.1) is 12.0 Å². The zero-order chi connectivity index (χ0) is 16.1. The van der Waals surface area contributed by atoms with Crippen LogP contribution in [0.4, 0.5) is 0 Å². The normalized spacial score (nSPS) is 25.3. The summed E-state index contributed by atoms with van der Waals surface area (Å²) in [4.78, 5) is 16.9. The third-order valence-electron chi connectivity index (χ3n) is 5.26. The molecule has 4 heteroatoms. The third kappa shape index (κ3) is 3.86. The summed E-state index contributed by atoms with van der Waals surface area (Å²) >= 11 is 0. The Labute approximate surface area is 139 Å². The molecule has 0 radical (unpaired) electrons. The van der Waals surface area contributed by atoms with E-state index < -0.39 is 0 Å². The van der Waals surface area contributed by atoms with E-state index >= 15 is 0 Å². The van der Waals surface area contributed by atoms with Crippen LogP contribution in [0.15, 0.2) is 30.3 Å². The van der Waals surface area contributed by atoms with Crippen LogP contribution in [0, 0.1) is 5.41 Å². The van der Waals surface area contributed by atoms with Crippen LogP contribution in [-0.2, 0) is 4.79 Å². The molecular weight excluding hydrogens is 288 g/mol. The molecule has 1 aromatic carbocycles. The highest BCUT2D eigenvalue weighted by atomic mass is 16.5. The average Bonchev–Trinajstić information content (AvgIpc) is 2.97. The van der Waals surface area contributed by atoms with Crippen molar-refractivity contribution in [1.82, 2.24) is 9.80 Å². The molecule has 0 saturated carbocycles. The molecule has 1 atom stereocenters. The van der Waals surface area contributed by atoms with Crippen LogP contribution in [0.2, 0.25) is 0 Å². The number of hydrogen-bond donors (Lipinski definition) is 0. The minimum Gasteiger partial charge on any atom is -0.494 e. The van der Waals surface area contributed by atoms with Crippen molar-refractivity contribution >= 4 is 5.91 Å². The molecule has 0 N–H and O–H groups in total. The van der Waals surface area contributed by atoms with Crippen LogP contribution >= 0.6 is 0 Å². The number of carbonyl (C=O) groups excluding carboxylic acids is 1. The van der Waals surface area contributed by atoms with E-state index in [4.69, 9.17) is 4.74 Å². The molecule has 2 aliphatic rings. The molecule has 1 aromatic rings. The van der Waals surface area contributed by atoms with Crippen LogP contribution in [0.3, 0.4) is 0 Å². The lowest BCUT2D eigenvalue weighted by Crippen LogP contribution is -2.48. The van der Waals surface area contributed by atoms with Gasteiger partial charge in [0.2, 0.25) is 5.91 Å². The Hall–Kier alpha value is -1.55. The number of benzene rings is 1. The lowest BCUT2D eigenvalue weighted by Gasteiger charge is -2.37. The monoisotopic (exact) mass is 316 g/mol. The number of unbranched alkanes of at least 4 members (excludes halogenated alkanes) is 1. The summed E-state index contributed by atoms with van der Waals surface area (Å²) in [5.74, 6) is 1.32. The highest BCUT2D eigenvalue weighted by Gasteiger charge is 2.47. The summed E-state index contributed by atoms with van der Waals surface area (Å²) in [6.07, 6.45) is 5.46. The van der Waals surface area contributed by atoms with Gasteiger partial charge in [0.1, 0.15) is 5.75 Å². The fourth-order valence-corrected chi connectivity index (χ4v) is 3.94. The maximum atomic E-state index is 12.5. The van der Waals surface area contributed by atoms with E-state index in [2.05, 4.69) is 4.90 Å². The van der Waals surface area contributed by atoms with Gasteiger partial charge in [0.25, 0.3) is 0 Å². The summed E-state index contributed by atoms with van der Waals surface area (Å²) in [7, 11) is 1.95. The standard InChI is InChI=1S/C19H28N2O2/c1-20-12-7-10-19(18(20)22)11-14-21(16-19)13-5-6-15-23-17-8-3-2-4-9-17/h2-4,8-9H,5-7,10-16H2,1H3/t19-/m0/s1. The topological polar surface area (TPSA) is 32.8 Å². The van der Waals surface area contributed by atoms with E-state index in [0.29, 0.717) is 5.91 Å². The van der Waals surface area contributed by atoms with Crippen LogP contribution in [0.1, 0.15) is 32.1 Å². The molecule has 126 valence electrons. The maximum Gasteiger partial charge on any atom is 0.229 e. The van der Waals surface area contributed by atoms with E-state index in [-0.39, 0.29) is 5.41 Å². The molecule has 0 aliphatic carbocycles. The molecule has 2 fully saturated rings. The first-order chi connectivity index (χ1) is 11.2. The van der Waals surface area contributed by atoms with Gasteiger partial charge >= 0.3 is 0 Å². The molecule has 23 heavy (non-hydrogen) atoms. The van der Waals surface area contributed by atoms with E-state index in [1.165, 1.54) is 0 Å². The first-order valence-corrected chi connectivity index (χ1v) is 8.85. The smallest absolute Gasteiger partial charge is 0.229 e. The van der Waals surface area contributed by atoms with Crippen molar-refractivity contribution in [1.29, 1.82) is 0 Å². The Morgan fingerprint density at radius 2 is 1.96 bits per heavy atom. The second-order valence-electron chi connectivity index (χ2n) is 7.01. The van der Waals surface area contributed by atoms with Gasteiger partial charge in [0, 0.05) is 20.1 Å². The van der Waals surface area contributed by atoms with E-state index in [9.17, 15) is 4.79 Å². The molecule has 2 aliphatic heterocycles. The predicted octanol–water partition coefficient (Wildman–Crippen LogP) is 2.79. The van der Waals surface area contributed by atoms with Crippen LogP contribution in [-0.4, -0.2) is 55.5 Å². The Morgan fingerprint density at radius 1 is 1.13 bits per heavy atom. The van der Waals surface area contributed by atoms with Crippen molar-refractivity contribution in [2.75, 3.05) is 39.8 Å². The minimum atomic E-state index is -0.0759. The van der Waals surface area contributed by atoms with Crippen LogP contribution in [0.25, 0.3) is 0 Å². The molecule has 0 bridgehead atoms. The van der Waals surface area contributed by atoms with Gasteiger partial charge in [-0.2, -0.15) is 0 Å². The molecule has 3 rings (SSSR count). The quantitative estimate of drug-likeness (QED) is 0.757. The van der Waals surface area contributed by atoms with Gasteiger partial charge in [0.15, 0.2) is 0 Å². The molecule has 1 amide bonds. The molecule has 2 heterocycles. The Balaban J connectivity index is 1.36. The summed E-state index contributed by atoms with van der Waals surface area (Å²) in [6.45, 7) is 4.80. The number of ether oxygens (including phenoxy) is 1. The fraction of sp³-hybridized carbons (Fsp3) is 0.632. The number of piperidine rings is 1. The van der Waals surface area contributed by atoms with Crippen molar-refractivity contribution in [2.45, 2.75) is 32.1 Å². The second-order valence-corrected chi connectivity index (χ2v) is 7.01. The zero-order valence-corrected chi connectivity index (χ0v) is 14.2. The van der Waals surface area contributed by atoms with Gasteiger partial charge in [-0.05, 0) is 57.3 Å². The van der Waals surface area contributed by atoms with E-state index in [1.807, 2.05) is 42.3 Å². The average molecular weight is 316 g/mol. The fourth-order valence-electron chi connectivity index (χ4n) is 3.94. The Kier molecular flexibility index (Phi) is 5.21. The molecule has 2 saturated heterocycles. The van der Waals surface area contributed by atoms with E-state index in [1.54, 1.807) is 0 Å². The summed E-state index contributed by atoms with van der Waals surface area (Å²) in [5.41, 5.74) is -0.0759. The van der Waals surface area contributed by atoms with Gasteiger partial charge in [-0.3, -0.25) is 4.79 Å². The van der Waals surface area contributed by atoms with Gasteiger partial charge < -0.3 is 14.5 Å². The minimum absolute atomic E-state index is 0.0759. The van der Waals surface area contributed by atoms with Crippen molar-refractivity contribution in [3.63, 3.8) is 0 Å². The first-order valence-electron chi connectivity index (χ1n) is 8.85. The van der Waals surface area contributed by atoms with Crippen LogP contribution in [0.5, 0.6) is 5.75 Å². The maximum absolute atomic E-state index is 12.5. The number of hydrogen-bond acceptors (Lipinski definition) is 3. The SMILES string of the molecule is CN1CCC[C@@]2(CCN(CCCCOc3ccccc3)C2)C1=O. The molecule has 0 unspecified atom stereocenters. The highest BCUT2D eigenvalue weighted by Crippen LogP contribution is 2.39. The molecular formula is C19H28N2O2. The number of likely N-dealkylation sites (tertiary alicyclic amines) is 2. The molecule has 0 aromatic heterocycles. The Bertz CT molecular complexity index is 519. The van der Waals surface area contributed by atoms with Gasteiger partial charge in [-0.25, -0.2) is 0 Å². The highest BCUT2D eigenvalue weighted by molar-refractivity contribution is 5.83. The predicted molar refractivity (Wildman–Crippen MR) is 91.5 cm³/mol. The van der Waals surface area contributed by atoms with Gasteiger partial charge in [-0.15, -0.1) is 0 Å². The number of carbonyl (C=O) groups is 1. The summed E-state index contributed by atoms with van der Waals surface area (Å²) in [5, 5.41) is 0. The lowest BCUT2D eigenvalue weighted by atomic mass is 9.78. The molecule has 1 spiro atoms. The van der Waals surface area contributed by atoms with Gasteiger partial charge in [-0.1, -0.05) is 18.2 Å². The van der Waals surface area contributed by atoms with E-state index in [0.717, 1.165) is 70.6 Å².